The summed E-state index contributed by atoms with van der Waals surface area (Å²) in [7, 11) is 0. The molecule has 2 N–H and O–H groups in total. The first-order valence-electron chi connectivity index (χ1n) is 18.4. The first-order chi connectivity index (χ1) is 25.8. The molecule has 2 aliphatic rings. The van der Waals surface area contributed by atoms with Crippen LogP contribution in [0.4, 0.5) is 0 Å². The molecule has 0 radical (unpaired) electrons. The van der Waals surface area contributed by atoms with Gasteiger partial charge in [0.1, 0.15) is 42.6 Å². The number of aliphatic hydroxyl groups is 1. The van der Waals surface area contributed by atoms with Gasteiger partial charge in [-0.2, -0.15) is 5.26 Å². The molecule has 1 aromatic heterocycles. The van der Waals surface area contributed by atoms with E-state index in [1.807, 2.05) is 29.2 Å². The number of rotatable bonds is 15. The minimum Gasteiger partial charge on any atom is -0.494 e. The third kappa shape index (κ3) is 10.3. The number of piperidine rings is 2. The van der Waals surface area contributed by atoms with Gasteiger partial charge in [-0.3, -0.25) is 14.7 Å². The monoisotopic (exact) mass is 738 g/mol. The summed E-state index contributed by atoms with van der Waals surface area (Å²) in [5.74, 6) is 0.954. The Labute approximate surface area is 316 Å². The smallest absolute Gasteiger partial charge is 0.320 e. The van der Waals surface area contributed by atoms with Crippen molar-refractivity contribution in [2.24, 2.45) is 0 Å². The number of ether oxygens (including phenoxy) is 3. The molecule has 0 spiro atoms. The number of nitrogens with zero attached hydrogens (tertiary/aromatic N) is 4. The van der Waals surface area contributed by atoms with Crippen LogP contribution >= 0.6 is 11.6 Å². The highest BCUT2D eigenvalue weighted by Crippen LogP contribution is 2.36. The van der Waals surface area contributed by atoms with Gasteiger partial charge in [0.25, 0.3) is 0 Å². The summed E-state index contributed by atoms with van der Waals surface area (Å²) in [5, 5.41) is 29.6. The fraction of sp³-hybridized carbons (Fsp3) is 0.405. The van der Waals surface area contributed by atoms with E-state index in [1.54, 1.807) is 24.4 Å². The molecule has 2 atom stereocenters. The molecule has 0 aliphatic carbocycles. The third-order valence-corrected chi connectivity index (χ3v) is 10.3. The second kappa shape index (κ2) is 18.4. The molecular formula is C42H47ClN4O6. The van der Waals surface area contributed by atoms with Gasteiger partial charge in [-0.15, -0.1) is 0 Å². The molecule has 2 fully saturated rings. The van der Waals surface area contributed by atoms with Crippen molar-refractivity contribution in [1.82, 2.24) is 14.8 Å². The van der Waals surface area contributed by atoms with E-state index in [4.69, 9.17) is 25.8 Å². The number of benzene rings is 3. The van der Waals surface area contributed by atoms with Gasteiger partial charge in [0.15, 0.2) is 0 Å². The molecule has 2 aliphatic heterocycles. The number of carbonyl (C=O) groups is 1. The van der Waals surface area contributed by atoms with Gasteiger partial charge >= 0.3 is 5.97 Å². The van der Waals surface area contributed by atoms with Crippen LogP contribution in [0.2, 0.25) is 5.02 Å². The molecule has 2 unspecified atom stereocenters. The lowest BCUT2D eigenvalue weighted by Crippen LogP contribution is -2.44. The normalized spacial score (nSPS) is 17.9. The molecule has 3 heterocycles. The number of hydrogen-bond acceptors (Lipinski definition) is 9. The summed E-state index contributed by atoms with van der Waals surface area (Å²) >= 11 is 6.84. The molecule has 0 saturated carbocycles. The number of hydrogen-bond donors (Lipinski definition) is 2. The van der Waals surface area contributed by atoms with Crippen LogP contribution in [-0.2, 0) is 24.6 Å². The molecular weight excluding hydrogens is 692 g/mol. The standard InChI is InChI=1S/C42H47ClN4O6/c1-29-33(9-5-12-37(29)32-8-4-11-36(19-32)51-17-7-15-46-14-6-10-35(48)26-46)28-53-41-21-40(52-27-31-18-30(22-44)23-45-24-31)34(20-38(41)43)25-47-16-3-2-13-39(47)42(49)50/h4-5,8-9,11-12,18-21,23-24,35,39,48H,2-3,6-7,10,13-17,25-28H2,1H3,(H,49,50). The molecule has 6 rings (SSSR count). The van der Waals surface area contributed by atoms with Crippen LogP contribution in [0.1, 0.15) is 66.3 Å². The Morgan fingerprint density at radius 1 is 0.962 bits per heavy atom. The average molecular weight is 739 g/mol. The number of carboxylic acids is 1. The highest BCUT2D eigenvalue weighted by Gasteiger charge is 2.29. The molecule has 0 amide bonds. The van der Waals surface area contributed by atoms with Crippen molar-refractivity contribution in [1.29, 1.82) is 5.26 Å². The number of aliphatic hydroxyl groups excluding tert-OH is 1. The Morgan fingerprint density at radius 2 is 1.81 bits per heavy atom. The minimum atomic E-state index is -0.833. The highest BCUT2D eigenvalue weighted by molar-refractivity contribution is 6.32. The van der Waals surface area contributed by atoms with Gasteiger partial charge in [-0.25, -0.2) is 0 Å². The molecule has 10 nitrogen and oxygen atoms in total. The van der Waals surface area contributed by atoms with Gasteiger partial charge in [0.05, 0.1) is 23.3 Å². The summed E-state index contributed by atoms with van der Waals surface area (Å²) in [5.41, 5.74) is 6.12. The first kappa shape index (κ1) is 38.1. The molecule has 2 saturated heterocycles. The molecule has 4 aromatic rings. The summed E-state index contributed by atoms with van der Waals surface area (Å²) < 4.78 is 18.8. The van der Waals surface area contributed by atoms with Gasteiger partial charge in [0.2, 0.25) is 0 Å². The molecule has 278 valence electrons. The summed E-state index contributed by atoms with van der Waals surface area (Å²) in [6, 6.07) is 21.1. The molecule has 0 bridgehead atoms. The van der Waals surface area contributed by atoms with Crippen LogP contribution in [0.15, 0.2) is 73.1 Å². The summed E-state index contributed by atoms with van der Waals surface area (Å²) in [6.07, 6.45) is 8.14. The van der Waals surface area contributed by atoms with Crippen molar-refractivity contribution in [3.05, 3.63) is 106 Å². The van der Waals surface area contributed by atoms with E-state index in [0.29, 0.717) is 48.2 Å². The van der Waals surface area contributed by atoms with E-state index >= 15 is 0 Å². The van der Waals surface area contributed by atoms with E-state index in [1.165, 1.54) is 6.20 Å². The number of likely N-dealkylation sites (tertiary alicyclic amines) is 2. The van der Waals surface area contributed by atoms with Crippen molar-refractivity contribution in [3.63, 3.8) is 0 Å². The van der Waals surface area contributed by atoms with E-state index in [9.17, 15) is 20.3 Å². The van der Waals surface area contributed by atoms with E-state index < -0.39 is 12.0 Å². The number of nitriles is 1. The topological polar surface area (TPSA) is 128 Å². The number of β-amino-alcohol motifs (C(OH)–C–C–N with tert-alkyl or cyclic N) is 1. The third-order valence-electron chi connectivity index (χ3n) is 10.0. The Morgan fingerprint density at radius 3 is 2.64 bits per heavy atom. The van der Waals surface area contributed by atoms with E-state index in [0.717, 1.165) is 90.9 Å². The van der Waals surface area contributed by atoms with Crippen molar-refractivity contribution in [3.8, 4) is 34.4 Å². The number of aliphatic carboxylic acids is 1. The molecule has 53 heavy (non-hydrogen) atoms. The lowest BCUT2D eigenvalue weighted by molar-refractivity contribution is -0.144. The Hall–Kier alpha value is -4.66. The Kier molecular flexibility index (Phi) is 13.2. The predicted molar refractivity (Wildman–Crippen MR) is 203 cm³/mol. The van der Waals surface area contributed by atoms with Crippen molar-refractivity contribution in [2.45, 2.75) is 77.4 Å². The van der Waals surface area contributed by atoms with Gasteiger partial charge in [-0.1, -0.05) is 48.4 Å². The second-order valence-electron chi connectivity index (χ2n) is 13.9. The fourth-order valence-corrected chi connectivity index (χ4v) is 7.43. The fourth-order valence-electron chi connectivity index (χ4n) is 7.19. The highest BCUT2D eigenvalue weighted by atomic mass is 35.5. The SMILES string of the molecule is Cc1c(COc2cc(OCc3cncc(C#N)c3)c(CN3CCCCC3C(=O)O)cc2Cl)cccc1-c1cccc(OCCCN2CCCC(O)C2)c1. The van der Waals surface area contributed by atoms with Crippen molar-refractivity contribution in [2.75, 3.05) is 32.8 Å². The zero-order valence-electron chi connectivity index (χ0n) is 30.2. The average Bonchev–Trinajstić information content (AvgIpc) is 3.16. The number of halogens is 1. The maximum absolute atomic E-state index is 12.1. The van der Waals surface area contributed by atoms with Crippen LogP contribution < -0.4 is 14.2 Å². The van der Waals surface area contributed by atoms with Gasteiger partial charge in [-0.05, 0) is 98.6 Å². The molecule has 11 heteroatoms. The number of aromatic nitrogens is 1. The summed E-state index contributed by atoms with van der Waals surface area (Å²) in [4.78, 5) is 20.5. The van der Waals surface area contributed by atoms with E-state index in [2.05, 4.69) is 41.1 Å². The number of carboxylic acid groups (broad SMARTS) is 1. The maximum Gasteiger partial charge on any atom is 0.320 e. The lowest BCUT2D eigenvalue weighted by Gasteiger charge is -2.33. The van der Waals surface area contributed by atoms with Gasteiger partial charge in [0, 0.05) is 49.2 Å². The lowest BCUT2D eigenvalue weighted by atomic mass is 9.96. The Balaban J connectivity index is 1.15. The number of pyridine rings is 1. The van der Waals surface area contributed by atoms with E-state index in [-0.39, 0.29) is 19.3 Å². The van der Waals surface area contributed by atoms with Crippen LogP contribution in [-0.4, -0.2) is 75.9 Å². The first-order valence-corrected chi connectivity index (χ1v) is 18.8. The molecule has 3 aromatic carbocycles. The maximum atomic E-state index is 12.1. The van der Waals surface area contributed by atoms with Crippen LogP contribution in [0.5, 0.6) is 17.2 Å². The van der Waals surface area contributed by atoms with Crippen LogP contribution in [0.3, 0.4) is 0 Å². The minimum absolute atomic E-state index is 0.158. The zero-order valence-corrected chi connectivity index (χ0v) is 30.9. The summed E-state index contributed by atoms with van der Waals surface area (Å²) in [6.45, 7) is 6.81. The van der Waals surface area contributed by atoms with Crippen LogP contribution in [0, 0.1) is 18.3 Å². The largest absolute Gasteiger partial charge is 0.494 e. The predicted octanol–water partition coefficient (Wildman–Crippen LogP) is 7.40. The van der Waals surface area contributed by atoms with Crippen LogP contribution in [0.25, 0.3) is 11.1 Å². The zero-order chi connectivity index (χ0) is 37.2. The van der Waals surface area contributed by atoms with Gasteiger partial charge < -0.3 is 29.3 Å². The second-order valence-corrected chi connectivity index (χ2v) is 14.3. The van der Waals surface area contributed by atoms with Crippen molar-refractivity contribution >= 4 is 17.6 Å². The quantitative estimate of drug-likeness (QED) is 0.119. The Bertz CT molecular complexity index is 1920. The van der Waals surface area contributed by atoms with Crippen molar-refractivity contribution < 1.29 is 29.2 Å².